The second-order valence-corrected chi connectivity index (χ2v) is 6.29. The fourth-order valence-corrected chi connectivity index (χ4v) is 1.68. The summed E-state index contributed by atoms with van der Waals surface area (Å²) in [4.78, 5) is 11.9. The van der Waals surface area contributed by atoms with Gasteiger partial charge in [-0.2, -0.15) is 5.26 Å². The van der Waals surface area contributed by atoms with Crippen LogP contribution in [0, 0.1) is 11.3 Å². The van der Waals surface area contributed by atoms with Crippen LogP contribution < -0.4 is 10.6 Å². The summed E-state index contributed by atoms with van der Waals surface area (Å²) in [5, 5.41) is 14.8. The Morgan fingerprint density at radius 1 is 1.24 bits per heavy atom. The van der Waals surface area contributed by atoms with Crippen LogP contribution in [0.5, 0.6) is 0 Å². The van der Waals surface area contributed by atoms with E-state index >= 15 is 0 Å². The zero-order chi connectivity index (χ0) is 16.0. The van der Waals surface area contributed by atoms with Crippen LogP contribution in [0.2, 0.25) is 0 Å². The van der Waals surface area contributed by atoms with Gasteiger partial charge in [0.15, 0.2) is 0 Å². The molecule has 1 rings (SSSR count). The van der Waals surface area contributed by atoms with Crippen LogP contribution in [-0.2, 0) is 4.79 Å². The van der Waals surface area contributed by atoms with Crippen molar-refractivity contribution < 1.29 is 4.79 Å². The quantitative estimate of drug-likeness (QED) is 0.657. The molecule has 0 aliphatic carbocycles. The Bertz CT molecular complexity index is 557. The lowest BCUT2D eigenvalue weighted by molar-refractivity contribution is -0.118. The Morgan fingerprint density at radius 2 is 1.81 bits per heavy atom. The third-order valence-corrected chi connectivity index (χ3v) is 2.81. The maximum absolute atomic E-state index is 11.9. The molecule has 0 saturated heterocycles. The van der Waals surface area contributed by atoms with Gasteiger partial charge in [0, 0.05) is 17.4 Å². The van der Waals surface area contributed by atoms with Crippen LogP contribution in [0.4, 0.5) is 5.69 Å². The van der Waals surface area contributed by atoms with Crippen molar-refractivity contribution in [2.45, 2.75) is 46.1 Å². The summed E-state index contributed by atoms with van der Waals surface area (Å²) in [5.74, 6) is 0.0955. The van der Waals surface area contributed by atoms with Crippen LogP contribution >= 0.6 is 0 Å². The molecule has 0 aromatic heterocycles. The molecule has 0 radical (unpaired) electrons. The van der Waals surface area contributed by atoms with E-state index in [0.29, 0.717) is 5.92 Å². The second-order valence-electron chi connectivity index (χ2n) is 6.29. The van der Waals surface area contributed by atoms with E-state index in [0.717, 1.165) is 5.69 Å². The third-order valence-electron chi connectivity index (χ3n) is 2.81. The zero-order valence-electron chi connectivity index (χ0n) is 13.3. The highest BCUT2D eigenvalue weighted by atomic mass is 16.1. The topological polar surface area (TPSA) is 64.9 Å². The molecule has 0 heterocycles. The third kappa shape index (κ3) is 5.70. The van der Waals surface area contributed by atoms with Crippen LogP contribution in [0.3, 0.4) is 0 Å². The number of nitriles is 1. The van der Waals surface area contributed by atoms with Crippen LogP contribution in [-0.4, -0.2) is 11.4 Å². The molecule has 1 amide bonds. The molecule has 0 aliphatic heterocycles. The van der Waals surface area contributed by atoms with Gasteiger partial charge in [-0.05, 0) is 44.4 Å². The molecule has 1 aromatic rings. The van der Waals surface area contributed by atoms with Gasteiger partial charge in [-0.25, -0.2) is 0 Å². The number of nitrogens with one attached hydrogen (secondary N) is 2. The summed E-state index contributed by atoms with van der Waals surface area (Å²) in [5.41, 5.74) is 1.77. The maximum atomic E-state index is 11.9. The molecule has 0 fully saturated rings. The van der Waals surface area contributed by atoms with Crippen molar-refractivity contribution >= 4 is 11.6 Å². The highest BCUT2D eigenvalue weighted by molar-refractivity contribution is 5.97. The molecule has 21 heavy (non-hydrogen) atoms. The molecule has 0 aliphatic rings. The van der Waals surface area contributed by atoms with Crippen molar-refractivity contribution in [3.8, 4) is 6.07 Å². The number of nitrogens with zero attached hydrogens (tertiary/aromatic N) is 1. The monoisotopic (exact) mass is 285 g/mol. The second kappa shape index (κ2) is 6.94. The molecule has 0 atom stereocenters. The van der Waals surface area contributed by atoms with E-state index in [2.05, 4.69) is 24.5 Å². The van der Waals surface area contributed by atoms with Gasteiger partial charge in [-0.15, -0.1) is 0 Å². The van der Waals surface area contributed by atoms with Gasteiger partial charge < -0.3 is 10.6 Å². The number of anilines is 1. The number of rotatable bonds is 4. The first kappa shape index (κ1) is 16.8. The Morgan fingerprint density at radius 3 is 2.24 bits per heavy atom. The van der Waals surface area contributed by atoms with Crippen molar-refractivity contribution in [2.24, 2.45) is 0 Å². The molecule has 112 valence electrons. The molecular weight excluding hydrogens is 262 g/mol. The molecule has 0 saturated carbocycles. The van der Waals surface area contributed by atoms with E-state index in [1.54, 1.807) is 0 Å². The van der Waals surface area contributed by atoms with Gasteiger partial charge in [0.1, 0.15) is 11.6 Å². The lowest BCUT2D eigenvalue weighted by Gasteiger charge is -2.20. The van der Waals surface area contributed by atoms with Crippen LogP contribution in [0.1, 0.15) is 46.1 Å². The molecule has 4 heteroatoms. The minimum absolute atomic E-state index is 0.0536. The van der Waals surface area contributed by atoms with E-state index in [4.69, 9.17) is 5.26 Å². The summed E-state index contributed by atoms with van der Waals surface area (Å²) >= 11 is 0. The van der Waals surface area contributed by atoms with E-state index < -0.39 is 0 Å². The van der Waals surface area contributed by atoms with Gasteiger partial charge in [-0.1, -0.05) is 26.0 Å². The fraction of sp³-hybridized carbons (Fsp3) is 0.412. The molecule has 0 unspecified atom stereocenters. The molecule has 1 aromatic carbocycles. The Kier molecular flexibility index (Phi) is 5.54. The Balaban J connectivity index is 2.77. The minimum Gasteiger partial charge on any atom is -0.360 e. The van der Waals surface area contributed by atoms with Gasteiger partial charge in [-0.3, -0.25) is 4.79 Å². The van der Waals surface area contributed by atoms with Crippen molar-refractivity contribution in [3.05, 3.63) is 41.6 Å². The number of amides is 1. The SMILES string of the molecule is CC(C)c1ccc(N/C=C(/C#N)C(=O)NC(C)(C)C)cc1. The summed E-state index contributed by atoms with van der Waals surface area (Å²) in [6, 6.07) is 9.84. The van der Waals surface area contributed by atoms with E-state index in [1.165, 1.54) is 11.8 Å². The molecular formula is C17H23N3O. The largest absolute Gasteiger partial charge is 0.360 e. The van der Waals surface area contributed by atoms with E-state index in [-0.39, 0.29) is 17.0 Å². The lowest BCUT2D eigenvalue weighted by Crippen LogP contribution is -2.41. The van der Waals surface area contributed by atoms with Crippen molar-refractivity contribution in [1.29, 1.82) is 5.26 Å². The average Bonchev–Trinajstić information content (AvgIpc) is 2.37. The number of benzene rings is 1. The number of carbonyl (C=O) groups is 1. The van der Waals surface area contributed by atoms with Crippen LogP contribution in [0.15, 0.2) is 36.0 Å². The molecule has 0 bridgehead atoms. The van der Waals surface area contributed by atoms with Crippen molar-refractivity contribution in [2.75, 3.05) is 5.32 Å². The van der Waals surface area contributed by atoms with Crippen molar-refractivity contribution in [3.63, 3.8) is 0 Å². The van der Waals surface area contributed by atoms with Crippen molar-refractivity contribution in [1.82, 2.24) is 5.32 Å². The number of hydrogen-bond acceptors (Lipinski definition) is 3. The molecule has 2 N–H and O–H groups in total. The standard InChI is InChI=1S/C17H23N3O/c1-12(2)13-6-8-15(9-7-13)19-11-14(10-18)16(21)20-17(3,4)5/h6-9,11-12,19H,1-5H3,(H,20,21)/b14-11-. The van der Waals surface area contributed by atoms with E-state index in [1.807, 2.05) is 51.1 Å². The molecule has 0 spiro atoms. The average molecular weight is 285 g/mol. The first-order valence-corrected chi connectivity index (χ1v) is 7.02. The summed E-state index contributed by atoms with van der Waals surface area (Å²) in [6.07, 6.45) is 1.44. The first-order chi connectivity index (χ1) is 9.73. The highest BCUT2D eigenvalue weighted by Gasteiger charge is 2.17. The predicted molar refractivity (Wildman–Crippen MR) is 85.7 cm³/mol. The summed E-state index contributed by atoms with van der Waals surface area (Å²) in [7, 11) is 0. The summed E-state index contributed by atoms with van der Waals surface area (Å²) in [6.45, 7) is 9.88. The normalized spacial score (nSPS) is 12.0. The summed E-state index contributed by atoms with van der Waals surface area (Å²) < 4.78 is 0. The maximum Gasteiger partial charge on any atom is 0.263 e. The Labute approximate surface area is 126 Å². The lowest BCUT2D eigenvalue weighted by atomic mass is 10.0. The zero-order valence-corrected chi connectivity index (χ0v) is 13.3. The van der Waals surface area contributed by atoms with Gasteiger partial charge in [0.2, 0.25) is 0 Å². The number of carbonyl (C=O) groups excluding carboxylic acids is 1. The fourth-order valence-electron chi connectivity index (χ4n) is 1.68. The van der Waals surface area contributed by atoms with E-state index in [9.17, 15) is 4.79 Å². The molecule has 4 nitrogen and oxygen atoms in total. The van der Waals surface area contributed by atoms with Gasteiger partial charge >= 0.3 is 0 Å². The van der Waals surface area contributed by atoms with Gasteiger partial charge in [0.25, 0.3) is 5.91 Å². The predicted octanol–water partition coefficient (Wildman–Crippen LogP) is 3.54. The Hall–Kier alpha value is -2.28. The highest BCUT2D eigenvalue weighted by Crippen LogP contribution is 2.17. The van der Waals surface area contributed by atoms with Crippen LogP contribution in [0.25, 0.3) is 0 Å². The number of hydrogen-bond donors (Lipinski definition) is 2. The van der Waals surface area contributed by atoms with Gasteiger partial charge in [0.05, 0.1) is 0 Å². The smallest absolute Gasteiger partial charge is 0.263 e. The minimum atomic E-state index is -0.378. The first-order valence-electron chi connectivity index (χ1n) is 7.02.